The van der Waals surface area contributed by atoms with Crippen molar-refractivity contribution >= 4 is 23.1 Å². The Hall–Kier alpha value is -4.37. The smallest absolute Gasteiger partial charge is 0.282 e. The molecule has 1 aliphatic heterocycles. The zero-order chi connectivity index (χ0) is 22.7. The summed E-state index contributed by atoms with van der Waals surface area (Å²) in [7, 11) is 3.38. The molecule has 0 N–H and O–H groups in total. The maximum Gasteiger partial charge on any atom is 0.282 e. The molecule has 1 heterocycles. The van der Waals surface area contributed by atoms with Crippen LogP contribution in [-0.2, 0) is 16.1 Å². The molecule has 0 saturated carbocycles. The molecule has 3 aromatic rings. The maximum absolute atomic E-state index is 13.5. The van der Waals surface area contributed by atoms with Gasteiger partial charge in [0.2, 0.25) is 0 Å². The zero-order valence-corrected chi connectivity index (χ0v) is 17.8. The number of carbonyl (C=O) groups is 2. The van der Waals surface area contributed by atoms with Crippen molar-refractivity contribution in [1.29, 1.82) is 5.26 Å². The van der Waals surface area contributed by atoms with Gasteiger partial charge in [0.25, 0.3) is 11.8 Å². The quantitative estimate of drug-likeness (QED) is 0.561. The molecule has 0 atom stereocenters. The van der Waals surface area contributed by atoms with Gasteiger partial charge in [-0.15, -0.1) is 0 Å². The molecule has 0 bridgehead atoms. The lowest BCUT2D eigenvalue weighted by Crippen LogP contribution is -2.34. The maximum atomic E-state index is 13.5. The molecule has 6 nitrogen and oxygen atoms in total. The minimum atomic E-state index is -0.403. The number of amides is 2. The summed E-state index contributed by atoms with van der Waals surface area (Å²) >= 11 is 0. The predicted octanol–water partition coefficient (Wildman–Crippen LogP) is 3.98. The number of nitriles is 1. The first-order valence-electron chi connectivity index (χ1n) is 10.1. The van der Waals surface area contributed by atoms with Gasteiger partial charge in [-0.1, -0.05) is 42.5 Å². The standard InChI is InChI=1S/C26H21N3O3/c1-28(17-19-6-4-3-5-7-19)24-23(20-10-14-22(32-2)15-11-20)25(30)29(26(24)31)21-12-8-18(16-27)9-13-21/h3-15H,17H2,1-2H3. The van der Waals surface area contributed by atoms with E-state index < -0.39 is 11.8 Å². The van der Waals surface area contributed by atoms with Crippen LogP contribution < -0.4 is 9.64 Å². The van der Waals surface area contributed by atoms with Crippen molar-refractivity contribution in [2.45, 2.75) is 6.54 Å². The number of benzene rings is 3. The van der Waals surface area contributed by atoms with Gasteiger partial charge in [0.1, 0.15) is 11.4 Å². The van der Waals surface area contributed by atoms with Crippen LogP contribution in [0.2, 0.25) is 0 Å². The average molecular weight is 423 g/mol. The Labute approximate surface area is 186 Å². The second-order valence-corrected chi connectivity index (χ2v) is 7.40. The van der Waals surface area contributed by atoms with Crippen LogP contribution in [0.25, 0.3) is 5.57 Å². The third-order valence-corrected chi connectivity index (χ3v) is 5.34. The summed E-state index contributed by atoms with van der Waals surface area (Å²) in [5.74, 6) is -0.141. The normalized spacial score (nSPS) is 13.3. The van der Waals surface area contributed by atoms with Crippen LogP contribution in [0.1, 0.15) is 16.7 Å². The second kappa shape index (κ2) is 8.78. The van der Waals surface area contributed by atoms with E-state index in [0.29, 0.717) is 40.4 Å². The molecule has 3 aromatic carbocycles. The summed E-state index contributed by atoms with van der Waals surface area (Å²) in [5.41, 5.74) is 3.20. The van der Waals surface area contributed by atoms with Crippen LogP contribution in [0, 0.1) is 11.3 Å². The molecule has 6 heteroatoms. The fraction of sp³-hybridized carbons (Fsp3) is 0.115. The third-order valence-electron chi connectivity index (χ3n) is 5.34. The van der Waals surface area contributed by atoms with Crippen LogP contribution >= 0.6 is 0 Å². The first-order valence-corrected chi connectivity index (χ1v) is 10.1. The first-order chi connectivity index (χ1) is 15.5. The lowest BCUT2D eigenvalue weighted by molar-refractivity contribution is -0.120. The highest BCUT2D eigenvalue weighted by molar-refractivity contribution is 6.45. The highest BCUT2D eigenvalue weighted by atomic mass is 16.5. The number of rotatable bonds is 6. The number of methoxy groups -OCH3 is 1. The summed E-state index contributed by atoms with van der Waals surface area (Å²) in [6.45, 7) is 0.468. The lowest BCUT2D eigenvalue weighted by atomic mass is 10.0. The van der Waals surface area contributed by atoms with E-state index in [1.807, 2.05) is 36.4 Å². The van der Waals surface area contributed by atoms with Gasteiger partial charge >= 0.3 is 0 Å². The summed E-state index contributed by atoms with van der Waals surface area (Å²) < 4.78 is 5.23. The van der Waals surface area contributed by atoms with Crippen molar-refractivity contribution < 1.29 is 14.3 Å². The predicted molar refractivity (Wildman–Crippen MR) is 121 cm³/mol. The summed E-state index contributed by atoms with van der Waals surface area (Å²) in [6, 6.07) is 25.3. The van der Waals surface area contributed by atoms with E-state index in [2.05, 4.69) is 0 Å². The molecule has 0 aliphatic carbocycles. The van der Waals surface area contributed by atoms with Crippen LogP contribution in [0.5, 0.6) is 5.75 Å². The second-order valence-electron chi connectivity index (χ2n) is 7.40. The molecule has 0 aromatic heterocycles. The monoisotopic (exact) mass is 423 g/mol. The fourth-order valence-electron chi connectivity index (χ4n) is 3.75. The molecule has 1 aliphatic rings. The molecule has 0 spiro atoms. The molecular formula is C26H21N3O3. The molecule has 0 radical (unpaired) electrons. The molecule has 0 fully saturated rings. The highest BCUT2D eigenvalue weighted by Crippen LogP contribution is 2.35. The van der Waals surface area contributed by atoms with Crippen molar-refractivity contribution in [2.24, 2.45) is 0 Å². The Morgan fingerprint density at radius 3 is 2.16 bits per heavy atom. The molecular weight excluding hydrogens is 402 g/mol. The van der Waals surface area contributed by atoms with Crippen molar-refractivity contribution in [3.8, 4) is 11.8 Å². The molecule has 4 rings (SSSR count). The van der Waals surface area contributed by atoms with Crippen molar-refractivity contribution in [3.05, 3.63) is 101 Å². The van der Waals surface area contributed by atoms with Gasteiger partial charge in [0, 0.05) is 13.6 Å². The van der Waals surface area contributed by atoms with E-state index >= 15 is 0 Å². The average Bonchev–Trinajstić information content (AvgIpc) is 3.09. The van der Waals surface area contributed by atoms with Crippen molar-refractivity contribution in [3.63, 3.8) is 0 Å². The lowest BCUT2D eigenvalue weighted by Gasteiger charge is -2.21. The Balaban J connectivity index is 1.78. The minimum absolute atomic E-state index is 0.327. The van der Waals surface area contributed by atoms with E-state index in [-0.39, 0.29) is 0 Å². The van der Waals surface area contributed by atoms with Crippen LogP contribution in [-0.4, -0.2) is 30.9 Å². The van der Waals surface area contributed by atoms with E-state index in [4.69, 9.17) is 10.00 Å². The van der Waals surface area contributed by atoms with E-state index in [1.54, 1.807) is 67.6 Å². The number of carbonyl (C=O) groups excluding carboxylic acids is 2. The molecule has 158 valence electrons. The summed E-state index contributed by atoms with van der Waals surface area (Å²) in [4.78, 5) is 30.0. The van der Waals surface area contributed by atoms with Gasteiger partial charge in [0.05, 0.1) is 30.0 Å². The zero-order valence-electron chi connectivity index (χ0n) is 17.8. The molecule has 0 unspecified atom stereocenters. The number of ether oxygens (including phenoxy) is 1. The SMILES string of the molecule is COc1ccc(C2=C(N(C)Cc3ccccc3)C(=O)N(c3ccc(C#N)cc3)C2=O)cc1. The number of anilines is 1. The number of imide groups is 1. The largest absolute Gasteiger partial charge is 0.497 e. The number of nitrogens with zero attached hydrogens (tertiary/aromatic N) is 3. The topological polar surface area (TPSA) is 73.6 Å². The Morgan fingerprint density at radius 2 is 1.56 bits per heavy atom. The van der Waals surface area contributed by atoms with Crippen LogP contribution in [0.15, 0.2) is 84.6 Å². The van der Waals surface area contributed by atoms with Gasteiger partial charge in [-0.2, -0.15) is 5.26 Å². The molecule has 32 heavy (non-hydrogen) atoms. The minimum Gasteiger partial charge on any atom is -0.497 e. The highest BCUT2D eigenvalue weighted by Gasteiger charge is 2.41. The third kappa shape index (κ3) is 3.84. The first kappa shape index (κ1) is 20.9. The Kier molecular flexibility index (Phi) is 5.73. The van der Waals surface area contributed by atoms with Crippen LogP contribution in [0.3, 0.4) is 0 Å². The van der Waals surface area contributed by atoms with Gasteiger partial charge in [0.15, 0.2) is 0 Å². The van der Waals surface area contributed by atoms with Gasteiger partial charge in [-0.3, -0.25) is 9.59 Å². The number of hydrogen-bond acceptors (Lipinski definition) is 5. The molecule has 0 saturated heterocycles. The van der Waals surface area contributed by atoms with Gasteiger partial charge < -0.3 is 9.64 Å². The van der Waals surface area contributed by atoms with Crippen molar-refractivity contribution in [1.82, 2.24) is 4.90 Å². The summed E-state index contributed by atoms with van der Waals surface area (Å²) in [6.07, 6.45) is 0. The summed E-state index contributed by atoms with van der Waals surface area (Å²) in [5, 5.41) is 9.06. The molecule has 2 amide bonds. The van der Waals surface area contributed by atoms with Gasteiger partial charge in [-0.05, 0) is 47.5 Å². The number of likely N-dealkylation sites (N-methyl/N-ethyl adjacent to an activating group) is 1. The van der Waals surface area contributed by atoms with Gasteiger partial charge in [-0.25, -0.2) is 4.90 Å². The Morgan fingerprint density at radius 1 is 0.906 bits per heavy atom. The Bertz CT molecular complexity index is 1220. The van der Waals surface area contributed by atoms with E-state index in [9.17, 15) is 9.59 Å². The van der Waals surface area contributed by atoms with E-state index in [1.165, 1.54) is 0 Å². The van der Waals surface area contributed by atoms with E-state index in [0.717, 1.165) is 10.5 Å². The fourth-order valence-corrected chi connectivity index (χ4v) is 3.75. The number of hydrogen-bond donors (Lipinski definition) is 0. The van der Waals surface area contributed by atoms with Crippen LogP contribution in [0.4, 0.5) is 5.69 Å². The van der Waals surface area contributed by atoms with Crippen molar-refractivity contribution in [2.75, 3.05) is 19.1 Å².